The van der Waals surface area contributed by atoms with Crippen molar-refractivity contribution in [2.24, 2.45) is 0 Å². The third-order valence-corrected chi connectivity index (χ3v) is 6.21. The Balaban J connectivity index is 2.09. The van der Waals surface area contributed by atoms with Gasteiger partial charge in [-0.3, -0.25) is 0 Å². The second-order valence-electron chi connectivity index (χ2n) is 8.13. The molecule has 4 nitrogen and oxygen atoms in total. The van der Waals surface area contributed by atoms with E-state index in [0.29, 0.717) is 5.95 Å². The van der Waals surface area contributed by atoms with Gasteiger partial charge in [-0.1, -0.05) is 24.3 Å². The smallest absolute Gasteiger partial charge is 0.227 e. The number of fused-ring (bicyclic) bond motifs is 1. The minimum absolute atomic E-state index is 0.278. The maximum Gasteiger partial charge on any atom is 0.227 e. The van der Waals surface area contributed by atoms with E-state index >= 15 is 0 Å². The van der Waals surface area contributed by atoms with Crippen molar-refractivity contribution in [1.82, 2.24) is 9.97 Å². The Bertz CT molecular complexity index is 1260. The molecule has 0 N–H and O–H groups in total. The van der Waals surface area contributed by atoms with Gasteiger partial charge in [0.15, 0.2) is 0 Å². The second-order valence-corrected chi connectivity index (χ2v) is 8.13. The van der Waals surface area contributed by atoms with Crippen LogP contribution in [-0.2, 0) is 0 Å². The average Bonchev–Trinajstić information content (AvgIpc) is 2.86. The number of nitrogens with zero attached hydrogens (tertiary/aromatic N) is 4. The van der Waals surface area contributed by atoms with Crippen molar-refractivity contribution in [3.05, 3.63) is 72.3 Å². The van der Waals surface area contributed by atoms with Gasteiger partial charge in [-0.25, -0.2) is 13.8 Å². The fraction of sp³-hybridized carbons (Fsp3) is 0.286. The molecule has 4 aromatic rings. The molecular weight excluding hydrogens is 430 g/mol. The summed E-state index contributed by atoms with van der Waals surface area (Å²) >= 11 is 0. The third kappa shape index (κ3) is 4.58. The van der Waals surface area contributed by atoms with Gasteiger partial charge < -0.3 is 9.80 Å². The zero-order chi connectivity index (χ0) is 24.2. The summed E-state index contributed by atoms with van der Waals surface area (Å²) in [6.45, 7) is 11.6. The molecular formula is C28H30F2N4. The van der Waals surface area contributed by atoms with Gasteiger partial charge >= 0.3 is 0 Å². The minimum atomic E-state index is -0.287. The highest BCUT2D eigenvalue weighted by molar-refractivity contribution is 6.03. The fourth-order valence-electron chi connectivity index (χ4n) is 4.28. The van der Waals surface area contributed by atoms with E-state index in [0.717, 1.165) is 65.2 Å². The molecule has 0 unspecified atom stereocenters. The lowest BCUT2D eigenvalue weighted by atomic mass is 9.95. The molecule has 1 aromatic heterocycles. The van der Waals surface area contributed by atoms with E-state index in [1.165, 1.54) is 24.3 Å². The molecule has 0 aliphatic heterocycles. The van der Waals surface area contributed by atoms with Crippen LogP contribution in [0.4, 0.5) is 20.5 Å². The van der Waals surface area contributed by atoms with Crippen LogP contribution in [0.3, 0.4) is 0 Å². The van der Waals surface area contributed by atoms with Gasteiger partial charge in [0, 0.05) is 37.1 Å². The van der Waals surface area contributed by atoms with Gasteiger partial charge in [0.25, 0.3) is 0 Å². The normalized spacial score (nSPS) is 11.1. The zero-order valence-corrected chi connectivity index (χ0v) is 20.1. The number of aromatic nitrogens is 2. The van der Waals surface area contributed by atoms with Crippen LogP contribution in [0.5, 0.6) is 0 Å². The van der Waals surface area contributed by atoms with Crippen LogP contribution in [-0.4, -0.2) is 36.1 Å². The number of rotatable bonds is 8. The first-order valence-electron chi connectivity index (χ1n) is 11.9. The number of hydrogen-bond acceptors (Lipinski definition) is 4. The Morgan fingerprint density at radius 3 is 1.68 bits per heavy atom. The molecule has 34 heavy (non-hydrogen) atoms. The van der Waals surface area contributed by atoms with E-state index in [2.05, 4.69) is 43.6 Å². The summed E-state index contributed by atoms with van der Waals surface area (Å²) in [7, 11) is 0. The minimum Gasteiger partial charge on any atom is -0.356 e. The topological polar surface area (TPSA) is 32.3 Å². The van der Waals surface area contributed by atoms with Crippen molar-refractivity contribution >= 4 is 22.7 Å². The molecule has 0 radical (unpaired) electrons. The first kappa shape index (κ1) is 23.6. The molecule has 0 fully saturated rings. The Labute approximate surface area is 199 Å². The summed E-state index contributed by atoms with van der Waals surface area (Å²) in [5.74, 6) is 0.978. The monoisotopic (exact) mass is 460 g/mol. The predicted octanol–water partition coefficient (Wildman–Crippen LogP) is 6.93. The van der Waals surface area contributed by atoms with Crippen LogP contribution in [0.15, 0.2) is 60.7 Å². The lowest BCUT2D eigenvalue weighted by molar-refractivity contribution is 0.627. The maximum absolute atomic E-state index is 13.7. The Morgan fingerprint density at radius 1 is 0.618 bits per heavy atom. The fourth-order valence-corrected chi connectivity index (χ4v) is 4.28. The number of anilines is 2. The zero-order valence-electron chi connectivity index (χ0n) is 20.1. The average molecular weight is 461 g/mol. The molecule has 0 saturated carbocycles. The molecule has 6 heteroatoms. The van der Waals surface area contributed by atoms with E-state index in [-0.39, 0.29) is 11.6 Å². The van der Waals surface area contributed by atoms with E-state index in [4.69, 9.17) is 9.97 Å². The Morgan fingerprint density at radius 2 is 1.15 bits per heavy atom. The third-order valence-electron chi connectivity index (χ3n) is 6.21. The largest absolute Gasteiger partial charge is 0.356 e. The number of halogens is 2. The van der Waals surface area contributed by atoms with E-state index in [9.17, 15) is 8.78 Å². The summed E-state index contributed by atoms with van der Waals surface area (Å²) < 4.78 is 27.4. The van der Waals surface area contributed by atoms with Crippen LogP contribution < -0.4 is 9.80 Å². The standard InChI is InChI=1S/C28H30F2N4/c1-5-33(6-2)27-25-18-21(19-9-13-22(29)14-10-19)17-24(20-11-15-23(30)16-12-20)26(25)31-28(32-27)34(7-3)8-4/h9-18H,5-8H2,1-4H3. The van der Waals surface area contributed by atoms with Gasteiger partial charge in [-0.15, -0.1) is 0 Å². The highest BCUT2D eigenvalue weighted by atomic mass is 19.1. The molecule has 0 aliphatic carbocycles. The van der Waals surface area contributed by atoms with Gasteiger partial charge in [-0.05, 0) is 80.8 Å². The lowest BCUT2D eigenvalue weighted by Gasteiger charge is -2.26. The summed E-state index contributed by atoms with van der Waals surface area (Å²) in [5.41, 5.74) is 4.40. The van der Waals surface area contributed by atoms with Crippen LogP contribution in [0.1, 0.15) is 27.7 Å². The van der Waals surface area contributed by atoms with Crippen LogP contribution in [0, 0.1) is 11.6 Å². The van der Waals surface area contributed by atoms with E-state index < -0.39 is 0 Å². The number of hydrogen-bond donors (Lipinski definition) is 0. The van der Waals surface area contributed by atoms with Crippen molar-refractivity contribution in [2.45, 2.75) is 27.7 Å². The van der Waals surface area contributed by atoms with Crippen molar-refractivity contribution in [1.29, 1.82) is 0 Å². The molecule has 176 valence electrons. The molecule has 0 saturated heterocycles. The molecule has 0 amide bonds. The quantitative estimate of drug-likeness (QED) is 0.285. The van der Waals surface area contributed by atoms with E-state index in [1.54, 1.807) is 24.3 Å². The van der Waals surface area contributed by atoms with Gasteiger partial charge in [0.1, 0.15) is 17.5 Å². The summed E-state index contributed by atoms with van der Waals surface area (Å²) in [6.07, 6.45) is 0. The summed E-state index contributed by atoms with van der Waals surface area (Å²) in [4.78, 5) is 14.4. The van der Waals surface area contributed by atoms with Gasteiger partial charge in [0.05, 0.1) is 5.52 Å². The Hall–Kier alpha value is -3.54. The summed E-state index contributed by atoms with van der Waals surface area (Å²) in [6, 6.07) is 17.1. The van der Waals surface area contributed by atoms with Crippen LogP contribution in [0.25, 0.3) is 33.2 Å². The maximum atomic E-state index is 13.7. The highest BCUT2D eigenvalue weighted by Gasteiger charge is 2.19. The number of benzene rings is 3. The molecule has 0 atom stereocenters. The van der Waals surface area contributed by atoms with Crippen LogP contribution in [0.2, 0.25) is 0 Å². The van der Waals surface area contributed by atoms with Crippen molar-refractivity contribution in [3.63, 3.8) is 0 Å². The van der Waals surface area contributed by atoms with Crippen molar-refractivity contribution in [3.8, 4) is 22.3 Å². The highest BCUT2D eigenvalue weighted by Crippen LogP contribution is 2.38. The molecule has 1 heterocycles. The van der Waals surface area contributed by atoms with E-state index in [1.807, 2.05) is 6.07 Å². The van der Waals surface area contributed by atoms with Gasteiger partial charge in [0.2, 0.25) is 5.95 Å². The predicted molar refractivity (Wildman–Crippen MR) is 137 cm³/mol. The van der Waals surface area contributed by atoms with Crippen molar-refractivity contribution in [2.75, 3.05) is 36.0 Å². The SMILES string of the molecule is CCN(CC)c1nc(N(CC)CC)c2cc(-c3ccc(F)cc3)cc(-c3ccc(F)cc3)c2n1. The molecule has 0 aliphatic rings. The Kier molecular flexibility index (Phi) is 7.06. The van der Waals surface area contributed by atoms with Gasteiger partial charge in [-0.2, -0.15) is 4.98 Å². The molecule has 3 aromatic carbocycles. The summed E-state index contributed by atoms with van der Waals surface area (Å²) in [5, 5.41) is 0.917. The first-order valence-corrected chi connectivity index (χ1v) is 11.9. The molecule has 0 spiro atoms. The lowest BCUT2D eigenvalue weighted by Crippen LogP contribution is -2.28. The van der Waals surface area contributed by atoms with Crippen molar-refractivity contribution < 1.29 is 8.78 Å². The molecule has 4 rings (SSSR count). The molecule has 0 bridgehead atoms. The first-order chi connectivity index (χ1) is 16.5. The second kappa shape index (κ2) is 10.2. The van der Waals surface area contributed by atoms with Crippen LogP contribution >= 0.6 is 0 Å².